The third-order valence-corrected chi connectivity index (χ3v) is 4.06. The van der Waals surface area contributed by atoms with E-state index in [1.807, 2.05) is 4.90 Å². The molecule has 120 valence electrons. The molecule has 1 heterocycles. The van der Waals surface area contributed by atoms with Crippen molar-refractivity contribution in [2.75, 3.05) is 26.2 Å². The van der Waals surface area contributed by atoms with E-state index in [0.717, 1.165) is 51.6 Å². The van der Waals surface area contributed by atoms with Crippen LogP contribution < -0.4 is 5.32 Å². The maximum Gasteiger partial charge on any atom is 0.243 e. The first-order chi connectivity index (χ1) is 10.2. The molecule has 0 saturated carbocycles. The van der Waals surface area contributed by atoms with Gasteiger partial charge in [-0.15, -0.1) is 0 Å². The standard InChI is InChI=1S/C16H28N2O3/c1-2-15(20)17-10-5-3-4-6-16(21)18-11-7-14(8-12-18)9-13-19/h2,14,19H,1,3-13H2,(H,17,20). The Kier molecular flexibility index (Phi) is 8.74. The van der Waals surface area contributed by atoms with Crippen molar-refractivity contribution >= 4 is 11.8 Å². The molecule has 1 aliphatic heterocycles. The molecule has 1 fully saturated rings. The Morgan fingerprint density at radius 1 is 1.24 bits per heavy atom. The second-order valence-electron chi connectivity index (χ2n) is 5.64. The number of nitrogens with one attached hydrogen (secondary N) is 1. The second kappa shape index (κ2) is 10.4. The van der Waals surface area contributed by atoms with E-state index in [0.29, 0.717) is 18.9 Å². The lowest BCUT2D eigenvalue weighted by molar-refractivity contribution is -0.132. The molecule has 0 radical (unpaired) electrons. The van der Waals surface area contributed by atoms with Crippen molar-refractivity contribution < 1.29 is 14.7 Å². The molecule has 5 heteroatoms. The summed E-state index contributed by atoms with van der Waals surface area (Å²) >= 11 is 0. The lowest BCUT2D eigenvalue weighted by Gasteiger charge is -2.31. The summed E-state index contributed by atoms with van der Waals surface area (Å²) in [7, 11) is 0. The van der Waals surface area contributed by atoms with Crippen molar-refractivity contribution in [3.05, 3.63) is 12.7 Å². The molecule has 0 aromatic rings. The molecule has 0 atom stereocenters. The molecule has 21 heavy (non-hydrogen) atoms. The molecule has 1 saturated heterocycles. The van der Waals surface area contributed by atoms with Gasteiger partial charge in [-0.3, -0.25) is 9.59 Å². The summed E-state index contributed by atoms with van der Waals surface area (Å²) in [5, 5.41) is 11.6. The van der Waals surface area contributed by atoms with Crippen LogP contribution in [0.3, 0.4) is 0 Å². The van der Waals surface area contributed by atoms with Crippen LogP contribution in [0.1, 0.15) is 44.9 Å². The minimum Gasteiger partial charge on any atom is -0.396 e. The number of aliphatic hydroxyl groups is 1. The van der Waals surface area contributed by atoms with Crippen molar-refractivity contribution in [3.63, 3.8) is 0 Å². The van der Waals surface area contributed by atoms with Crippen LogP contribution in [0.5, 0.6) is 0 Å². The molecule has 0 unspecified atom stereocenters. The number of unbranched alkanes of at least 4 members (excludes halogenated alkanes) is 2. The van der Waals surface area contributed by atoms with Gasteiger partial charge in [0.05, 0.1) is 0 Å². The van der Waals surface area contributed by atoms with E-state index in [-0.39, 0.29) is 18.4 Å². The minimum absolute atomic E-state index is 0.142. The molecular formula is C16H28N2O3. The molecule has 0 aliphatic carbocycles. The van der Waals surface area contributed by atoms with Crippen LogP contribution in [0.25, 0.3) is 0 Å². The predicted octanol–water partition coefficient (Wildman–Crippen LogP) is 1.47. The van der Waals surface area contributed by atoms with E-state index in [4.69, 9.17) is 5.11 Å². The van der Waals surface area contributed by atoms with Crippen LogP contribution in [-0.2, 0) is 9.59 Å². The molecular weight excluding hydrogens is 268 g/mol. The number of rotatable bonds is 9. The fourth-order valence-corrected chi connectivity index (χ4v) is 2.67. The average molecular weight is 296 g/mol. The van der Waals surface area contributed by atoms with Crippen LogP contribution in [0.4, 0.5) is 0 Å². The first-order valence-electron chi connectivity index (χ1n) is 7.96. The van der Waals surface area contributed by atoms with Gasteiger partial charge in [0.15, 0.2) is 0 Å². The number of amides is 2. The molecule has 1 aliphatic rings. The van der Waals surface area contributed by atoms with Gasteiger partial charge in [-0.2, -0.15) is 0 Å². The quantitative estimate of drug-likeness (QED) is 0.500. The van der Waals surface area contributed by atoms with Crippen molar-refractivity contribution in [2.24, 2.45) is 5.92 Å². The Labute approximate surface area is 127 Å². The number of nitrogens with zero attached hydrogens (tertiary/aromatic N) is 1. The maximum absolute atomic E-state index is 12.0. The number of hydrogen-bond acceptors (Lipinski definition) is 3. The third-order valence-electron chi connectivity index (χ3n) is 4.06. The van der Waals surface area contributed by atoms with Gasteiger partial charge in [-0.25, -0.2) is 0 Å². The monoisotopic (exact) mass is 296 g/mol. The van der Waals surface area contributed by atoms with Gasteiger partial charge in [0.2, 0.25) is 11.8 Å². The van der Waals surface area contributed by atoms with Gasteiger partial charge in [0, 0.05) is 32.7 Å². The Balaban J connectivity index is 2.04. The minimum atomic E-state index is -0.142. The van der Waals surface area contributed by atoms with Crippen molar-refractivity contribution in [3.8, 4) is 0 Å². The molecule has 2 amide bonds. The van der Waals surface area contributed by atoms with E-state index in [2.05, 4.69) is 11.9 Å². The zero-order valence-corrected chi connectivity index (χ0v) is 12.9. The topological polar surface area (TPSA) is 69.6 Å². The molecule has 5 nitrogen and oxygen atoms in total. The maximum atomic E-state index is 12.0. The summed E-state index contributed by atoms with van der Waals surface area (Å²) < 4.78 is 0. The summed E-state index contributed by atoms with van der Waals surface area (Å²) in [6.45, 7) is 5.95. The predicted molar refractivity (Wildman–Crippen MR) is 82.7 cm³/mol. The van der Waals surface area contributed by atoms with E-state index >= 15 is 0 Å². The van der Waals surface area contributed by atoms with Crippen molar-refractivity contribution in [2.45, 2.75) is 44.9 Å². The number of piperidine rings is 1. The average Bonchev–Trinajstić information content (AvgIpc) is 2.51. The lowest BCUT2D eigenvalue weighted by Crippen LogP contribution is -2.38. The van der Waals surface area contributed by atoms with Crippen LogP contribution in [-0.4, -0.2) is 48.1 Å². The first kappa shape index (κ1) is 17.7. The lowest BCUT2D eigenvalue weighted by atomic mass is 9.94. The van der Waals surface area contributed by atoms with Gasteiger partial charge < -0.3 is 15.3 Å². The molecule has 0 aromatic carbocycles. The molecule has 0 spiro atoms. The van der Waals surface area contributed by atoms with E-state index < -0.39 is 0 Å². The SMILES string of the molecule is C=CC(=O)NCCCCCC(=O)N1CCC(CCO)CC1. The summed E-state index contributed by atoms with van der Waals surface area (Å²) in [5.74, 6) is 0.678. The first-order valence-corrected chi connectivity index (χ1v) is 7.96. The molecule has 0 bridgehead atoms. The van der Waals surface area contributed by atoms with Crippen LogP contribution in [0.15, 0.2) is 12.7 Å². The summed E-state index contributed by atoms with van der Waals surface area (Å²) in [6.07, 6.45) is 7.47. The summed E-state index contributed by atoms with van der Waals surface area (Å²) in [4.78, 5) is 24.9. The van der Waals surface area contributed by atoms with Gasteiger partial charge in [0.25, 0.3) is 0 Å². The third kappa shape index (κ3) is 7.27. The normalized spacial score (nSPS) is 15.8. The second-order valence-corrected chi connectivity index (χ2v) is 5.64. The summed E-state index contributed by atoms with van der Waals surface area (Å²) in [5.41, 5.74) is 0. The fraction of sp³-hybridized carbons (Fsp3) is 0.750. The largest absolute Gasteiger partial charge is 0.396 e. The number of likely N-dealkylation sites (tertiary alicyclic amines) is 1. The molecule has 0 aromatic heterocycles. The Bertz CT molecular complexity index is 336. The zero-order chi connectivity index (χ0) is 15.5. The van der Waals surface area contributed by atoms with Gasteiger partial charge in [-0.1, -0.05) is 13.0 Å². The number of hydrogen-bond donors (Lipinski definition) is 2. The van der Waals surface area contributed by atoms with Crippen molar-refractivity contribution in [1.82, 2.24) is 10.2 Å². The fourth-order valence-electron chi connectivity index (χ4n) is 2.67. The van der Waals surface area contributed by atoms with E-state index in [1.165, 1.54) is 6.08 Å². The number of aliphatic hydroxyl groups excluding tert-OH is 1. The van der Waals surface area contributed by atoms with E-state index in [1.54, 1.807) is 0 Å². The van der Waals surface area contributed by atoms with Gasteiger partial charge >= 0.3 is 0 Å². The van der Waals surface area contributed by atoms with Gasteiger partial charge in [-0.05, 0) is 44.1 Å². The Hall–Kier alpha value is -1.36. The highest BCUT2D eigenvalue weighted by Gasteiger charge is 2.21. The highest BCUT2D eigenvalue weighted by atomic mass is 16.3. The van der Waals surface area contributed by atoms with Gasteiger partial charge in [0.1, 0.15) is 0 Å². The Morgan fingerprint density at radius 2 is 1.95 bits per heavy atom. The zero-order valence-electron chi connectivity index (χ0n) is 12.9. The molecule has 2 N–H and O–H groups in total. The molecule has 1 rings (SSSR count). The van der Waals surface area contributed by atoms with Crippen LogP contribution in [0.2, 0.25) is 0 Å². The Morgan fingerprint density at radius 3 is 2.57 bits per heavy atom. The van der Waals surface area contributed by atoms with Crippen LogP contribution >= 0.6 is 0 Å². The smallest absolute Gasteiger partial charge is 0.243 e. The van der Waals surface area contributed by atoms with E-state index in [9.17, 15) is 9.59 Å². The summed E-state index contributed by atoms with van der Waals surface area (Å²) in [6, 6.07) is 0. The highest BCUT2D eigenvalue weighted by Crippen LogP contribution is 2.20. The van der Waals surface area contributed by atoms with Crippen molar-refractivity contribution in [1.29, 1.82) is 0 Å². The number of carbonyl (C=O) groups is 2. The number of carbonyl (C=O) groups excluding carboxylic acids is 2. The highest BCUT2D eigenvalue weighted by molar-refractivity contribution is 5.86. The van der Waals surface area contributed by atoms with Crippen LogP contribution in [0, 0.1) is 5.92 Å².